The number of benzene rings is 2. The molecule has 1 aliphatic heterocycles. The van der Waals surface area contributed by atoms with Gasteiger partial charge in [-0.25, -0.2) is 9.97 Å². The number of hydrogen-bond donors (Lipinski definition) is 4. The van der Waals surface area contributed by atoms with E-state index in [1.54, 1.807) is 19.2 Å². The number of fused-ring (bicyclic) bond motifs is 2. The summed E-state index contributed by atoms with van der Waals surface area (Å²) in [7, 11) is 0. The number of carboxylic acids is 1. The van der Waals surface area contributed by atoms with Gasteiger partial charge >= 0.3 is 5.97 Å². The maximum absolute atomic E-state index is 11.5. The summed E-state index contributed by atoms with van der Waals surface area (Å²) < 4.78 is 6.59. The second-order valence-corrected chi connectivity index (χ2v) is 13.7. The number of oxazole rings is 1. The molecular formula is C40H41N7O4. The molecule has 0 spiro atoms. The fraction of sp³-hybridized carbons (Fsp3) is 0.325. The number of aromatic nitrogens is 3. The van der Waals surface area contributed by atoms with Crippen molar-refractivity contribution in [3.63, 3.8) is 0 Å². The average Bonchev–Trinajstić information content (AvgIpc) is 3.77. The number of carbonyl (C=O) groups is 1. The third-order valence-corrected chi connectivity index (χ3v) is 10.0. The second-order valence-electron chi connectivity index (χ2n) is 13.7. The van der Waals surface area contributed by atoms with Crippen molar-refractivity contribution in [2.24, 2.45) is 11.8 Å². The molecule has 4 N–H and O–H groups in total. The van der Waals surface area contributed by atoms with Crippen LogP contribution < -0.4 is 10.6 Å². The molecule has 1 aliphatic carbocycles. The summed E-state index contributed by atoms with van der Waals surface area (Å²) >= 11 is 0. The molecule has 260 valence electrons. The summed E-state index contributed by atoms with van der Waals surface area (Å²) in [5.74, 6) is -0.344. The maximum atomic E-state index is 11.5. The van der Waals surface area contributed by atoms with Crippen LogP contribution in [0.15, 0.2) is 83.6 Å². The predicted molar refractivity (Wildman–Crippen MR) is 195 cm³/mol. The minimum absolute atomic E-state index is 0.206. The summed E-state index contributed by atoms with van der Waals surface area (Å²) in [6.45, 7) is 8.71. The Bertz CT molecular complexity index is 2220. The van der Waals surface area contributed by atoms with E-state index in [-0.39, 0.29) is 11.8 Å². The fourth-order valence-corrected chi connectivity index (χ4v) is 7.31. The Labute approximate surface area is 296 Å². The van der Waals surface area contributed by atoms with Crippen molar-refractivity contribution in [1.29, 1.82) is 5.26 Å². The van der Waals surface area contributed by atoms with Crippen LogP contribution in [0.2, 0.25) is 0 Å². The van der Waals surface area contributed by atoms with Crippen molar-refractivity contribution >= 4 is 39.4 Å². The number of carboxylic acid groups (broad SMARTS) is 1. The number of aliphatic hydroxyl groups is 1. The molecule has 0 amide bonds. The van der Waals surface area contributed by atoms with Gasteiger partial charge in [0.25, 0.3) is 0 Å². The van der Waals surface area contributed by atoms with Gasteiger partial charge in [0.05, 0.1) is 17.6 Å². The van der Waals surface area contributed by atoms with Gasteiger partial charge in [-0.3, -0.25) is 14.7 Å². The van der Waals surface area contributed by atoms with Gasteiger partial charge in [-0.05, 0) is 85.0 Å². The van der Waals surface area contributed by atoms with E-state index >= 15 is 0 Å². The number of allylic oxidation sites excluding steroid dienone is 2. The lowest BCUT2D eigenvalue weighted by molar-refractivity contribution is -0.141. The van der Waals surface area contributed by atoms with Crippen molar-refractivity contribution in [2.75, 3.05) is 25.0 Å². The number of anilines is 1. The number of hydrogen-bond acceptors (Lipinski definition) is 10. The molecule has 3 unspecified atom stereocenters. The van der Waals surface area contributed by atoms with Crippen molar-refractivity contribution in [2.45, 2.75) is 51.9 Å². The van der Waals surface area contributed by atoms with Crippen LogP contribution in [0.1, 0.15) is 54.0 Å². The molecule has 5 aromatic rings. The molecule has 3 aromatic heterocycles. The largest absolute Gasteiger partial charge is 0.481 e. The molecule has 51 heavy (non-hydrogen) atoms. The minimum atomic E-state index is -1.02. The van der Waals surface area contributed by atoms with E-state index in [9.17, 15) is 20.3 Å². The number of aliphatic carboxylic acids is 1. The van der Waals surface area contributed by atoms with E-state index in [2.05, 4.69) is 59.7 Å². The van der Waals surface area contributed by atoms with Crippen molar-refractivity contribution in [3.8, 4) is 6.07 Å². The SMILES string of the molecule is Cc1ccccc1C1=CC=CC(Nc2nccc3cc(CN4CC[C@@H](C(=O)O)C4)cnc23)(c2nc3cc(CNCC(C)O)cc(C#N)c3o2)C1C. The highest BCUT2D eigenvalue weighted by Gasteiger charge is 2.45. The van der Waals surface area contributed by atoms with Gasteiger partial charge in [-0.1, -0.05) is 43.3 Å². The van der Waals surface area contributed by atoms with Gasteiger partial charge in [0.1, 0.15) is 22.6 Å². The zero-order chi connectivity index (χ0) is 35.7. The highest BCUT2D eigenvalue weighted by molar-refractivity contribution is 5.89. The van der Waals surface area contributed by atoms with Crippen molar-refractivity contribution in [1.82, 2.24) is 25.2 Å². The summed E-state index contributed by atoms with van der Waals surface area (Å²) in [5, 5.41) is 37.2. The van der Waals surface area contributed by atoms with Gasteiger partial charge in [0.15, 0.2) is 11.4 Å². The van der Waals surface area contributed by atoms with Gasteiger partial charge in [0.2, 0.25) is 5.89 Å². The average molecular weight is 684 g/mol. The number of aliphatic hydroxyl groups excluding tert-OH is 1. The van der Waals surface area contributed by atoms with E-state index in [4.69, 9.17) is 19.4 Å². The number of rotatable bonds is 11. The van der Waals surface area contributed by atoms with Crippen LogP contribution >= 0.6 is 0 Å². The second kappa shape index (κ2) is 14.1. The lowest BCUT2D eigenvalue weighted by Crippen LogP contribution is -2.42. The van der Waals surface area contributed by atoms with E-state index in [0.717, 1.165) is 39.8 Å². The molecule has 4 atom stereocenters. The summed E-state index contributed by atoms with van der Waals surface area (Å²) in [4.78, 5) is 28.4. The van der Waals surface area contributed by atoms with Gasteiger partial charge in [-0.2, -0.15) is 5.26 Å². The van der Waals surface area contributed by atoms with E-state index in [1.165, 1.54) is 0 Å². The molecule has 0 bridgehead atoms. The lowest BCUT2D eigenvalue weighted by atomic mass is 9.73. The van der Waals surface area contributed by atoms with E-state index in [0.29, 0.717) is 66.5 Å². The molecule has 1 fully saturated rings. The molecule has 0 saturated carbocycles. The summed E-state index contributed by atoms with van der Waals surface area (Å²) in [6.07, 6.45) is 9.91. The van der Waals surface area contributed by atoms with Crippen LogP contribution in [0.4, 0.5) is 5.82 Å². The van der Waals surface area contributed by atoms with Crippen LogP contribution in [0, 0.1) is 30.1 Å². The Hall–Kier alpha value is -5.41. The highest BCUT2D eigenvalue weighted by atomic mass is 16.4. The molecule has 0 radical (unpaired) electrons. The fourth-order valence-electron chi connectivity index (χ4n) is 7.31. The third-order valence-electron chi connectivity index (χ3n) is 10.0. The standard InChI is InChI=1S/C40H41N7O4/c1-24-7-4-5-8-32(24)33-9-6-12-40(26(33)3,39-45-34-17-27(20-42-19-25(2)48)15-31(18-41)36(34)51-39)46-37-35-29(10-13-43-37)16-28(21-44-35)22-47-14-11-30(23-47)38(49)50/h4-10,12-13,15-17,21,25-26,30,42,48H,11,14,19-20,22-23H2,1-3H3,(H,43,46)(H,49,50)/t25?,26?,30-,40?/m1/s1. The molecule has 11 nitrogen and oxygen atoms in total. The number of nitrogens with one attached hydrogen (secondary N) is 2. The van der Waals surface area contributed by atoms with Gasteiger partial charge in [0, 0.05) is 49.9 Å². The maximum Gasteiger partial charge on any atom is 0.307 e. The van der Waals surface area contributed by atoms with Crippen LogP contribution in [0.25, 0.3) is 27.6 Å². The van der Waals surface area contributed by atoms with E-state index < -0.39 is 17.6 Å². The Kier molecular flexibility index (Phi) is 9.40. The highest BCUT2D eigenvalue weighted by Crippen LogP contribution is 2.46. The molecule has 4 heterocycles. The zero-order valence-corrected chi connectivity index (χ0v) is 28.9. The molecule has 1 saturated heterocycles. The van der Waals surface area contributed by atoms with Crippen LogP contribution in [0.3, 0.4) is 0 Å². The molecule has 11 heteroatoms. The van der Waals surface area contributed by atoms with Crippen LogP contribution in [0.5, 0.6) is 0 Å². The first-order valence-corrected chi connectivity index (χ1v) is 17.3. The first kappa shape index (κ1) is 34.1. The van der Waals surface area contributed by atoms with Crippen molar-refractivity contribution in [3.05, 3.63) is 113 Å². The smallest absolute Gasteiger partial charge is 0.307 e. The molecule has 7 rings (SSSR count). The summed E-state index contributed by atoms with van der Waals surface area (Å²) in [6, 6.07) is 18.3. The summed E-state index contributed by atoms with van der Waals surface area (Å²) in [5.41, 5.74) is 6.20. The zero-order valence-electron chi connectivity index (χ0n) is 28.9. The first-order chi connectivity index (χ1) is 24.6. The number of pyridine rings is 2. The van der Waals surface area contributed by atoms with Crippen molar-refractivity contribution < 1.29 is 19.4 Å². The minimum Gasteiger partial charge on any atom is -0.481 e. The Morgan fingerprint density at radius 1 is 1.20 bits per heavy atom. The number of nitriles is 1. The Morgan fingerprint density at radius 3 is 2.80 bits per heavy atom. The lowest BCUT2D eigenvalue weighted by Gasteiger charge is -2.39. The quantitative estimate of drug-likeness (QED) is 0.131. The molecule has 2 aliphatic rings. The first-order valence-electron chi connectivity index (χ1n) is 17.3. The number of nitrogens with zero attached hydrogens (tertiary/aromatic N) is 5. The monoisotopic (exact) mass is 683 g/mol. The molecular weight excluding hydrogens is 642 g/mol. The molecule has 2 aromatic carbocycles. The Morgan fingerprint density at radius 2 is 2.04 bits per heavy atom. The number of aryl methyl sites for hydroxylation is 1. The van der Waals surface area contributed by atoms with Crippen LogP contribution in [-0.4, -0.2) is 61.8 Å². The Balaban J connectivity index is 1.29. The third kappa shape index (κ3) is 6.73. The topological polar surface area (TPSA) is 160 Å². The van der Waals surface area contributed by atoms with E-state index in [1.807, 2.05) is 42.6 Å². The van der Waals surface area contributed by atoms with Gasteiger partial charge in [-0.15, -0.1) is 0 Å². The normalized spacial score (nSPS) is 21.1. The van der Waals surface area contributed by atoms with Gasteiger partial charge < -0.3 is 25.3 Å². The number of likely N-dealkylation sites (tertiary alicyclic amines) is 1. The predicted octanol–water partition coefficient (Wildman–Crippen LogP) is 5.92. The van der Waals surface area contributed by atoms with Crippen LogP contribution in [-0.2, 0) is 23.4 Å².